The standard InChI is InChI=1S/C20H30N6O3S/c1-3-17-6-8-18(9-7-17)30(27,28)25-13-10-20(16-25,24-11-4-5-12-24)19-21-22-23-26(19)14-15-29-2/h6-9H,3-5,10-16H2,1-2H3. The Kier molecular flexibility index (Phi) is 6.19. The SMILES string of the molecule is CCc1ccc(S(=O)(=O)N2CCC(c3nnnn3CCOC)(N3CCCC3)C2)cc1. The van der Waals surface area contributed by atoms with Crippen molar-refractivity contribution in [1.29, 1.82) is 0 Å². The summed E-state index contributed by atoms with van der Waals surface area (Å²) in [5.74, 6) is 0.737. The molecular formula is C20H30N6O3S. The van der Waals surface area contributed by atoms with Crippen molar-refractivity contribution in [2.45, 2.75) is 49.6 Å². The maximum Gasteiger partial charge on any atom is 0.243 e. The number of rotatable bonds is 8. The third-order valence-corrected chi connectivity index (χ3v) is 8.21. The number of hydrogen-bond acceptors (Lipinski definition) is 7. The maximum absolute atomic E-state index is 13.4. The van der Waals surface area contributed by atoms with Crippen molar-refractivity contribution in [3.63, 3.8) is 0 Å². The molecule has 0 amide bonds. The zero-order valence-corrected chi connectivity index (χ0v) is 18.5. The van der Waals surface area contributed by atoms with E-state index in [1.807, 2.05) is 12.1 Å². The van der Waals surface area contributed by atoms with Gasteiger partial charge in [0.1, 0.15) is 0 Å². The smallest absolute Gasteiger partial charge is 0.243 e. The first kappa shape index (κ1) is 21.4. The van der Waals surface area contributed by atoms with Crippen LogP contribution in [0.5, 0.6) is 0 Å². The molecule has 2 aliphatic heterocycles. The number of benzene rings is 1. The van der Waals surface area contributed by atoms with Crippen molar-refractivity contribution >= 4 is 10.0 Å². The van der Waals surface area contributed by atoms with Gasteiger partial charge in [-0.15, -0.1) is 5.10 Å². The Morgan fingerprint density at radius 2 is 1.87 bits per heavy atom. The number of tetrazole rings is 1. The van der Waals surface area contributed by atoms with Crippen LogP contribution in [-0.2, 0) is 33.3 Å². The topological polar surface area (TPSA) is 93.5 Å². The summed E-state index contributed by atoms with van der Waals surface area (Å²) in [5.41, 5.74) is 0.614. The zero-order chi connectivity index (χ0) is 21.2. The molecule has 1 atom stereocenters. The van der Waals surface area contributed by atoms with Crippen LogP contribution in [0.25, 0.3) is 0 Å². The molecule has 0 bridgehead atoms. The Morgan fingerprint density at radius 1 is 1.13 bits per heavy atom. The van der Waals surface area contributed by atoms with E-state index in [-0.39, 0.29) is 0 Å². The van der Waals surface area contributed by atoms with Gasteiger partial charge in [-0.25, -0.2) is 13.1 Å². The van der Waals surface area contributed by atoms with Crippen LogP contribution in [0.4, 0.5) is 0 Å². The van der Waals surface area contributed by atoms with Crippen LogP contribution in [0, 0.1) is 0 Å². The molecule has 1 aromatic heterocycles. The van der Waals surface area contributed by atoms with E-state index in [9.17, 15) is 8.42 Å². The lowest BCUT2D eigenvalue weighted by Gasteiger charge is -2.37. The monoisotopic (exact) mass is 434 g/mol. The van der Waals surface area contributed by atoms with Crippen LogP contribution in [0.3, 0.4) is 0 Å². The van der Waals surface area contributed by atoms with Gasteiger partial charge in [0.2, 0.25) is 10.0 Å². The van der Waals surface area contributed by atoms with Gasteiger partial charge < -0.3 is 4.74 Å². The predicted octanol–water partition coefficient (Wildman–Crippen LogP) is 1.27. The maximum atomic E-state index is 13.4. The number of hydrogen-bond donors (Lipinski definition) is 0. The largest absolute Gasteiger partial charge is 0.383 e. The number of ether oxygens (including phenoxy) is 1. The van der Waals surface area contributed by atoms with Crippen molar-refractivity contribution < 1.29 is 13.2 Å². The Hall–Kier alpha value is -1.88. The fourth-order valence-electron chi connectivity index (χ4n) is 4.60. The number of aromatic nitrogens is 4. The van der Waals surface area contributed by atoms with Crippen LogP contribution in [0.2, 0.25) is 0 Å². The highest BCUT2D eigenvalue weighted by atomic mass is 32.2. The average molecular weight is 435 g/mol. The Labute approximate surface area is 178 Å². The van der Waals surface area contributed by atoms with Gasteiger partial charge in [-0.2, -0.15) is 4.31 Å². The normalized spacial score (nSPS) is 23.4. The quantitative estimate of drug-likeness (QED) is 0.618. The highest BCUT2D eigenvalue weighted by Gasteiger charge is 2.51. The van der Waals surface area contributed by atoms with E-state index in [1.54, 1.807) is 28.2 Å². The van der Waals surface area contributed by atoms with E-state index in [4.69, 9.17) is 4.74 Å². The van der Waals surface area contributed by atoms with E-state index < -0.39 is 15.6 Å². The van der Waals surface area contributed by atoms with Gasteiger partial charge in [0.25, 0.3) is 0 Å². The summed E-state index contributed by atoms with van der Waals surface area (Å²) >= 11 is 0. The molecule has 2 fully saturated rings. The third kappa shape index (κ3) is 3.77. The van der Waals surface area contributed by atoms with Gasteiger partial charge in [0.05, 0.1) is 23.6 Å². The summed E-state index contributed by atoms with van der Waals surface area (Å²) in [6.45, 7) is 5.76. The first-order valence-electron chi connectivity index (χ1n) is 10.6. The van der Waals surface area contributed by atoms with E-state index in [2.05, 4.69) is 27.3 Å². The number of likely N-dealkylation sites (tertiary alicyclic amines) is 1. The minimum atomic E-state index is -3.58. The Morgan fingerprint density at radius 3 is 2.53 bits per heavy atom. The molecule has 0 saturated carbocycles. The van der Waals surface area contributed by atoms with Crippen LogP contribution >= 0.6 is 0 Å². The van der Waals surface area contributed by atoms with Gasteiger partial charge >= 0.3 is 0 Å². The highest BCUT2D eigenvalue weighted by Crippen LogP contribution is 2.40. The first-order valence-corrected chi connectivity index (χ1v) is 12.0. The molecule has 10 heteroatoms. The molecule has 30 heavy (non-hydrogen) atoms. The van der Waals surface area contributed by atoms with Gasteiger partial charge in [0.15, 0.2) is 5.82 Å². The first-order chi connectivity index (χ1) is 14.5. The van der Waals surface area contributed by atoms with Crippen LogP contribution < -0.4 is 0 Å². The molecule has 164 valence electrons. The zero-order valence-electron chi connectivity index (χ0n) is 17.7. The van der Waals surface area contributed by atoms with E-state index in [1.165, 1.54) is 0 Å². The van der Waals surface area contributed by atoms with Gasteiger partial charge in [-0.05, 0) is 66.9 Å². The molecule has 0 radical (unpaired) electrons. The summed E-state index contributed by atoms with van der Waals surface area (Å²) in [5, 5.41) is 12.4. The fourth-order valence-corrected chi connectivity index (χ4v) is 6.10. The second kappa shape index (κ2) is 8.70. The van der Waals surface area contributed by atoms with Crippen molar-refractivity contribution in [3.8, 4) is 0 Å². The molecule has 2 saturated heterocycles. The minimum absolute atomic E-state index is 0.343. The van der Waals surface area contributed by atoms with E-state index in [0.29, 0.717) is 37.6 Å². The predicted molar refractivity (Wildman–Crippen MR) is 111 cm³/mol. The summed E-state index contributed by atoms with van der Waals surface area (Å²) in [6.07, 6.45) is 3.76. The molecule has 2 aliphatic rings. The molecule has 9 nitrogen and oxygen atoms in total. The Bertz CT molecular complexity index is 955. The summed E-state index contributed by atoms with van der Waals surface area (Å²) in [6, 6.07) is 7.21. The molecular weight excluding hydrogens is 404 g/mol. The minimum Gasteiger partial charge on any atom is -0.383 e. The molecule has 0 spiro atoms. The fraction of sp³-hybridized carbons (Fsp3) is 0.650. The third-order valence-electron chi connectivity index (χ3n) is 6.35. The molecule has 1 aromatic carbocycles. The van der Waals surface area contributed by atoms with Gasteiger partial charge in [0, 0.05) is 20.2 Å². The number of sulfonamides is 1. The van der Waals surface area contributed by atoms with Crippen molar-refractivity contribution in [3.05, 3.63) is 35.7 Å². The molecule has 2 aromatic rings. The molecule has 1 unspecified atom stereocenters. The van der Waals surface area contributed by atoms with Gasteiger partial charge in [-0.1, -0.05) is 19.1 Å². The molecule has 4 rings (SSSR count). The highest BCUT2D eigenvalue weighted by molar-refractivity contribution is 7.89. The lowest BCUT2D eigenvalue weighted by molar-refractivity contribution is 0.108. The van der Waals surface area contributed by atoms with E-state index in [0.717, 1.165) is 43.7 Å². The average Bonchev–Trinajstić information content (AvgIpc) is 3.52. The number of methoxy groups -OCH3 is 1. The second-order valence-electron chi connectivity index (χ2n) is 8.03. The lowest BCUT2D eigenvalue weighted by atomic mass is 9.95. The summed E-state index contributed by atoms with van der Waals surface area (Å²) in [4.78, 5) is 2.72. The van der Waals surface area contributed by atoms with Crippen molar-refractivity contribution in [2.75, 3.05) is 39.9 Å². The molecule has 3 heterocycles. The summed E-state index contributed by atoms with van der Waals surface area (Å²) in [7, 11) is -1.93. The lowest BCUT2D eigenvalue weighted by Crippen LogP contribution is -2.49. The van der Waals surface area contributed by atoms with Crippen LogP contribution in [0.1, 0.15) is 37.6 Å². The molecule has 0 N–H and O–H groups in total. The number of nitrogens with zero attached hydrogens (tertiary/aromatic N) is 6. The number of aryl methyl sites for hydroxylation is 1. The Balaban J connectivity index is 1.66. The van der Waals surface area contributed by atoms with Crippen molar-refractivity contribution in [2.24, 2.45) is 0 Å². The van der Waals surface area contributed by atoms with Gasteiger partial charge in [-0.3, -0.25) is 4.90 Å². The molecule has 0 aliphatic carbocycles. The second-order valence-corrected chi connectivity index (χ2v) is 9.97. The van der Waals surface area contributed by atoms with Crippen LogP contribution in [-0.4, -0.2) is 77.7 Å². The van der Waals surface area contributed by atoms with Crippen molar-refractivity contribution in [1.82, 2.24) is 29.4 Å². The van der Waals surface area contributed by atoms with E-state index >= 15 is 0 Å². The van der Waals surface area contributed by atoms with Crippen LogP contribution in [0.15, 0.2) is 29.2 Å². The summed E-state index contributed by atoms with van der Waals surface area (Å²) < 4.78 is 35.4.